The van der Waals surface area contributed by atoms with Gasteiger partial charge in [-0.3, -0.25) is 4.98 Å². The molecule has 1 saturated heterocycles. The molecule has 1 fully saturated rings. The molecule has 2 aliphatic rings. The highest BCUT2D eigenvalue weighted by molar-refractivity contribution is 5.77. The molecule has 148 valence electrons. The van der Waals surface area contributed by atoms with E-state index in [1.165, 1.54) is 5.57 Å². The molecule has 3 rings (SSSR count). The molecule has 2 heterocycles. The average molecular weight is 373 g/mol. The standard InChI is InChI=1S/C22H32N2O3/c1-20(2)10-8-14(9-11-20)18-16(23)6-7-17(24-18)15-12-21(3,4)27-22(5,13-15)19(25)26/h6-8,15H,9-13,23H2,1-5H3,(H,25,26). The van der Waals surface area contributed by atoms with E-state index < -0.39 is 17.2 Å². The minimum absolute atomic E-state index is 0.0230. The van der Waals surface area contributed by atoms with Crippen LogP contribution in [0.15, 0.2) is 18.2 Å². The molecule has 27 heavy (non-hydrogen) atoms. The van der Waals surface area contributed by atoms with Crippen molar-refractivity contribution in [3.8, 4) is 0 Å². The minimum Gasteiger partial charge on any atom is -0.479 e. The third-order valence-corrected chi connectivity index (χ3v) is 5.97. The van der Waals surface area contributed by atoms with Crippen molar-refractivity contribution < 1.29 is 14.6 Å². The lowest BCUT2D eigenvalue weighted by Gasteiger charge is -2.44. The second-order valence-corrected chi connectivity index (χ2v) is 9.77. The van der Waals surface area contributed by atoms with Gasteiger partial charge in [-0.15, -0.1) is 0 Å². The molecular weight excluding hydrogens is 340 g/mol. The van der Waals surface area contributed by atoms with Crippen molar-refractivity contribution in [2.75, 3.05) is 5.73 Å². The van der Waals surface area contributed by atoms with Crippen molar-refractivity contribution >= 4 is 17.2 Å². The molecule has 0 aromatic carbocycles. The minimum atomic E-state index is -1.20. The van der Waals surface area contributed by atoms with Gasteiger partial charge in [-0.2, -0.15) is 0 Å². The highest BCUT2D eigenvalue weighted by Crippen LogP contribution is 2.44. The van der Waals surface area contributed by atoms with Gasteiger partial charge in [0.1, 0.15) is 0 Å². The van der Waals surface area contributed by atoms with Crippen molar-refractivity contribution in [3.63, 3.8) is 0 Å². The van der Waals surface area contributed by atoms with Crippen LogP contribution < -0.4 is 5.73 Å². The second-order valence-electron chi connectivity index (χ2n) is 9.77. The zero-order chi connectivity index (χ0) is 20.0. The first kappa shape index (κ1) is 19.9. The number of hydrogen-bond acceptors (Lipinski definition) is 4. The first-order valence-electron chi connectivity index (χ1n) is 9.80. The summed E-state index contributed by atoms with van der Waals surface area (Å²) in [6.07, 6.45) is 6.52. The molecule has 0 bridgehead atoms. The van der Waals surface area contributed by atoms with Crippen molar-refractivity contribution in [1.82, 2.24) is 4.98 Å². The Morgan fingerprint density at radius 3 is 2.52 bits per heavy atom. The summed E-state index contributed by atoms with van der Waals surface area (Å²) in [6.45, 7) is 10.1. The highest BCUT2D eigenvalue weighted by Gasteiger charge is 2.47. The predicted molar refractivity (Wildman–Crippen MR) is 107 cm³/mol. The molecule has 0 spiro atoms. The topological polar surface area (TPSA) is 85.4 Å². The Morgan fingerprint density at radius 2 is 1.93 bits per heavy atom. The van der Waals surface area contributed by atoms with Crippen LogP contribution in [0.2, 0.25) is 0 Å². The molecule has 2 unspecified atom stereocenters. The molecule has 1 aromatic rings. The summed E-state index contributed by atoms with van der Waals surface area (Å²) in [5.74, 6) is -0.900. The van der Waals surface area contributed by atoms with Crippen LogP contribution in [-0.4, -0.2) is 27.3 Å². The van der Waals surface area contributed by atoms with Gasteiger partial charge in [-0.1, -0.05) is 19.9 Å². The van der Waals surface area contributed by atoms with Crippen molar-refractivity contribution in [2.24, 2.45) is 5.41 Å². The van der Waals surface area contributed by atoms with Crippen molar-refractivity contribution in [1.29, 1.82) is 0 Å². The second kappa shape index (κ2) is 6.62. The van der Waals surface area contributed by atoms with Crippen LogP contribution in [-0.2, 0) is 9.53 Å². The Hall–Kier alpha value is -1.88. The molecule has 1 aliphatic carbocycles. The predicted octanol–water partition coefficient (Wildman–Crippen LogP) is 4.77. The van der Waals surface area contributed by atoms with E-state index in [2.05, 4.69) is 19.9 Å². The fraction of sp³-hybridized carbons (Fsp3) is 0.636. The molecule has 3 N–H and O–H groups in total. The Labute approximate surface area is 162 Å². The van der Waals surface area contributed by atoms with Gasteiger partial charge < -0.3 is 15.6 Å². The van der Waals surface area contributed by atoms with Crippen LogP contribution in [0.1, 0.15) is 84.0 Å². The molecule has 5 heteroatoms. The lowest BCUT2D eigenvalue weighted by molar-refractivity contribution is -0.200. The van der Waals surface area contributed by atoms with E-state index in [0.717, 1.165) is 37.1 Å². The van der Waals surface area contributed by atoms with E-state index in [1.54, 1.807) is 6.92 Å². The van der Waals surface area contributed by atoms with E-state index in [-0.39, 0.29) is 5.92 Å². The zero-order valence-electron chi connectivity index (χ0n) is 17.1. The fourth-order valence-electron chi connectivity index (χ4n) is 4.43. The first-order chi connectivity index (χ1) is 12.4. The molecule has 0 amide bonds. The molecule has 2 atom stereocenters. The van der Waals surface area contributed by atoms with Crippen molar-refractivity contribution in [2.45, 2.75) is 83.8 Å². The Kier molecular flexibility index (Phi) is 4.87. The fourth-order valence-corrected chi connectivity index (χ4v) is 4.43. The lowest BCUT2D eigenvalue weighted by Crippen LogP contribution is -2.51. The number of hydrogen-bond donors (Lipinski definition) is 2. The van der Waals surface area contributed by atoms with Gasteiger partial charge in [0.15, 0.2) is 5.60 Å². The Bertz CT molecular complexity index is 782. The smallest absolute Gasteiger partial charge is 0.335 e. The van der Waals surface area contributed by atoms with Gasteiger partial charge in [0, 0.05) is 11.6 Å². The van der Waals surface area contributed by atoms with E-state index in [4.69, 9.17) is 15.5 Å². The molecule has 1 aliphatic heterocycles. The number of nitrogens with two attached hydrogens (primary N) is 1. The van der Waals surface area contributed by atoms with Crippen LogP contribution in [0, 0.1) is 5.41 Å². The summed E-state index contributed by atoms with van der Waals surface area (Å²) >= 11 is 0. The number of carboxylic acids is 1. The summed E-state index contributed by atoms with van der Waals surface area (Å²) in [6, 6.07) is 3.86. The molecule has 0 radical (unpaired) electrons. The van der Waals surface area contributed by atoms with Gasteiger partial charge in [0.05, 0.1) is 17.0 Å². The maximum absolute atomic E-state index is 11.8. The number of anilines is 1. The average Bonchev–Trinajstić information content (AvgIpc) is 2.54. The number of carbonyl (C=O) groups is 1. The third kappa shape index (κ3) is 4.18. The number of ether oxygens (including phenoxy) is 1. The Balaban J connectivity index is 1.94. The largest absolute Gasteiger partial charge is 0.479 e. The molecular formula is C22H32N2O3. The number of pyridine rings is 1. The van der Waals surface area contributed by atoms with Crippen LogP contribution in [0.4, 0.5) is 5.69 Å². The van der Waals surface area contributed by atoms with E-state index in [0.29, 0.717) is 17.5 Å². The normalized spacial score (nSPS) is 29.8. The number of nitrogens with zero attached hydrogens (tertiary/aromatic N) is 1. The summed E-state index contributed by atoms with van der Waals surface area (Å²) < 4.78 is 5.90. The number of aliphatic carboxylic acids is 1. The number of allylic oxidation sites excluding steroid dienone is 2. The van der Waals surface area contributed by atoms with Gasteiger partial charge in [0.25, 0.3) is 0 Å². The monoisotopic (exact) mass is 372 g/mol. The lowest BCUT2D eigenvalue weighted by atomic mass is 9.77. The number of carboxylic acid groups (broad SMARTS) is 1. The highest BCUT2D eigenvalue weighted by atomic mass is 16.5. The number of rotatable bonds is 3. The number of aromatic nitrogens is 1. The van der Waals surface area contributed by atoms with Gasteiger partial charge >= 0.3 is 5.97 Å². The van der Waals surface area contributed by atoms with Crippen LogP contribution in [0.25, 0.3) is 5.57 Å². The third-order valence-electron chi connectivity index (χ3n) is 5.97. The van der Waals surface area contributed by atoms with Gasteiger partial charge in [0.2, 0.25) is 0 Å². The summed E-state index contributed by atoms with van der Waals surface area (Å²) in [4.78, 5) is 16.7. The van der Waals surface area contributed by atoms with Crippen LogP contribution in [0.3, 0.4) is 0 Å². The van der Waals surface area contributed by atoms with E-state index >= 15 is 0 Å². The van der Waals surface area contributed by atoms with Crippen LogP contribution >= 0.6 is 0 Å². The van der Waals surface area contributed by atoms with E-state index in [9.17, 15) is 9.90 Å². The maximum Gasteiger partial charge on any atom is 0.335 e. The van der Waals surface area contributed by atoms with Gasteiger partial charge in [-0.25, -0.2) is 4.79 Å². The zero-order valence-corrected chi connectivity index (χ0v) is 17.1. The summed E-state index contributed by atoms with van der Waals surface area (Å²) in [5, 5.41) is 9.67. The van der Waals surface area contributed by atoms with Crippen molar-refractivity contribution in [3.05, 3.63) is 29.6 Å². The molecule has 0 saturated carbocycles. The van der Waals surface area contributed by atoms with Gasteiger partial charge in [-0.05, 0) is 76.0 Å². The van der Waals surface area contributed by atoms with Crippen LogP contribution in [0.5, 0.6) is 0 Å². The SMILES string of the molecule is CC1(C)CC=C(c2nc(C3CC(C)(C)OC(C)(C(=O)O)C3)ccc2N)CC1. The quantitative estimate of drug-likeness (QED) is 0.798. The number of nitrogen functional groups attached to an aromatic ring is 1. The summed E-state index contributed by atoms with van der Waals surface area (Å²) in [7, 11) is 0. The van der Waals surface area contributed by atoms with E-state index in [1.807, 2.05) is 26.0 Å². The molecule has 1 aromatic heterocycles. The summed E-state index contributed by atoms with van der Waals surface area (Å²) in [5.41, 5.74) is 8.53. The maximum atomic E-state index is 11.8. The first-order valence-corrected chi connectivity index (χ1v) is 9.80. The molecule has 5 nitrogen and oxygen atoms in total. The Morgan fingerprint density at radius 1 is 1.22 bits per heavy atom.